The van der Waals surface area contributed by atoms with Crippen LogP contribution in [0.25, 0.3) is 10.8 Å². The van der Waals surface area contributed by atoms with Gasteiger partial charge >= 0.3 is 0 Å². The molecule has 8 heteroatoms. The van der Waals surface area contributed by atoms with Crippen LogP contribution in [0.4, 0.5) is 10.1 Å². The summed E-state index contributed by atoms with van der Waals surface area (Å²) >= 11 is 7.41. The zero-order valence-corrected chi connectivity index (χ0v) is 15.1. The van der Waals surface area contributed by atoms with E-state index in [2.05, 4.69) is 15.0 Å². The smallest absolute Gasteiger partial charge is 0.278 e. The average Bonchev–Trinajstić information content (AvgIpc) is 3.07. The monoisotopic (exact) mass is 376 g/mol. The number of hydrogen-bond donors (Lipinski definition) is 0. The molecule has 2 aromatic heterocycles. The molecular weight excluding hydrogens is 363 g/mol. The largest absolute Gasteiger partial charge is 0.303 e. The number of amides is 1. The third-order valence-electron chi connectivity index (χ3n) is 3.38. The van der Waals surface area contributed by atoms with E-state index in [1.807, 2.05) is 13.8 Å². The van der Waals surface area contributed by atoms with E-state index in [4.69, 9.17) is 11.6 Å². The molecule has 1 aromatic carbocycles. The van der Waals surface area contributed by atoms with Crippen molar-refractivity contribution in [2.24, 2.45) is 0 Å². The van der Waals surface area contributed by atoms with Crippen LogP contribution >= 0.6 is 22.9 Å². The maximum atomic E-state index is 13.3. The summed E-state index contributed by atoms with van der Waals surface area (Å²) in [7, 11) is 0. The van der Waals surface area contributed by atoms with Crippen molar-refractivity contribution in [3.05, 3.63) is 58.6 Å². The molecule has 0 radical (unpaired) electrons. The molecule has 0 saturated heterocycles. The molecular formula is C17H14ClFN4OS. The van der Waals surface area contributed by atoms with Crippen molar-refractivity contribution < 1.29 is 9.18 Å². The maximum absolute atomic E-state index is 13.3. The van der Waals surface area contributed by atoms with Gasteiger partial charge in [0.05, 0.1) is 10.7 Å². The highest BCUT2D eigenvalue weighted by Crippen LogP contribution is 2.30. The van der Waals surface area contributed by atoms with E-state index in [1.165, 1.54) is 34.4 Å². The Bertz CT molecular complexity index is 901. The van der Waals surface area contributed by atoms with E-state index >= 15 is 0 Å². The van der Waals surface area contributed by atoms with Crippen LogP contribution in [-0.2, 0) is 0 Å². The predicted octanol–water partition coefficient (Wildman–Crippen LogP) is 4.45. The summed E-state index contributed by atoms with van der Waals surface area (Å²) in [4.78, 5) is 27.0. The number of aromatic nitrogens is 3. The zero-order chi connectivity index (χ0) is 18.0. The van der Waals surface area contributed by atoms with Crippen molar-refractivity contribution in [3.8, 4) is 10.8 Å². The molecule has 0 aliphatic carbocycles. The van der Waals surface area contributed by atoms with Crippen LogP contribution in [0.1, 0.15) is 24.3 Å². The molecule has 1 amide bonds. The van der Waals surface area contributed by atoms with Crippen molar-refractivity contribution in [3.63, 3.8) is 0 Å². The lowest BCUT2D eigenvalue weighted by atomic mass is 10.2. The fourth-order valence-electron chi connectivity index (χ4n) is 2.31. The third-order valence-corrected chi connectivity index (χ3v) is 4.53. The molecule has 3 rings (SSSR count). The Morgan fingerprint density at radius 2 is 2.00 bits per heavy atom. The first kappa shape index (κ1) is 17.4. The molecule has 0 N–H and O–H groups in total. The van der Waals surface area contributed by atoms with Gasteiger partial charge in [0, 0.05) is 23.8 Å². The molecule has 0 bridgehead atoms. The number of nitrogens with zero attached hydrogens (tertiary/aromatic N) is 4. The van der Waals surface area contributed by atoms with E-state index in [-0.39, 0.29) is 22.7 Å². The van der Waals surface area contributed by atoms with Crippen molar-refractivity contribution in [1.82, 2.24) is 15.0 Å². The molecule has 2 heterocycles. The summed E-state index contributed by atoms with van der Waals surface area (Å²) in [6.07, 6.45) is 3.23. The molecule has 5 nitrogen and oxygen atoms in total. The quantitative estimate of drug-likeness (QED) is 0.675. The lowest BCUT2D eigenvalue weighted by Gasteiger charge is -2.27. The van der Waals surface area contributed by atoms with Gasteiger partial charge in [-0.05, 0) is 38.1 Å². The molecule has 0 fully saturated rings. The van der Waals surface area contributed by atoms with E-state index in [0.717, 1.165) is 0 Å². The van der Waals surface area contributed by atoms with Crippen LogP contribution in [0.2, 0.25) is 5.02 Å². The number of anilines is 1. The molecule has 0 spiro atoms. The molecule has 0 aliphatic rings. The summed E-state index contributed by atoms with van der Waals surface area (Å²) in [6.45, 7) is 3.70. The molecule has 0 unspecified atom stereocenters. The predicted molar refractivity (Wildman–Crippen MR) is 96.5 cm³/mol. The molecule has 0 aliphatic heterocycles. The number of benzene rings is 1. The van der Waals surface area contributed by atoms with Gasteiger partial charge in [-0.1, -0.05) is 11.6 Å². The Morgan fingerprint density at radius 1 is 1.28 bits per heavy atom. The minimum atomic E-state index is -0.456. The third kappa shape index (κ3) is 3.67. The Balaban J connectivity index is 1.95. The number of thiazole rings is 1. The number of halogens is 2. The highest BCUT2D eigenvalue weighted by molar-refractivity contribution is 7.13. The van der Waals surface area contributed by atoms with Crippen LogP contribution in [0.3, 0.4) is 0 Å². The van der Waals surface area contributed by atoms with E-state index in [0.29, 0.717) is 16.5 Å². The highest BCUT2D eigenvalue weighted by Gasteiger charge is 2.25. The summed E-state index contributed by atoms with van der Waals surface area (Å²) in [5.74, 6) is -0.313. The lowest BCUT2D eigenvalue weighted by Crippen LogP contribution is -2.37. The number of carbonyl (C=O) groups is 1. The minimum Gasteiger partial charge on any atom is -0.303 e. The van der Waals surface area contributed by atoms with Gasteiger partial charge in [-0.3, -0.25) is 4.79 Å². The molecule has 25 heavy (non-hydrogen) atoms. The maximum Gasteiger partial charge on any atom is 0.278 e. The van der Waals surface area contributed by atoms with Crippen LogP contribution in [0, 0.1) is 5.82 Å². The summed E-state index contributed by atoms with van der Waals surface area (Å²) < 4.78 is 13.3. The minimum absolute atomic E-state index is 0.170. The van der Waals surface area contributed by atoms with Gasteiger partial charge in [0.1, 0.15) is 11.5 Å². The number of hydrogen-bond acceptors (Lipinski definition) is 5. The van der Waals surface area contributed by atoms with E-state index < -0.39 is 5.82 Å². The Labute approximate surface area is 153 Å². The Kier molecular flexibility index (Phi) is 5.06. The van der Waals surface area contributed by atoms with Gasteiger partial charge in [-0.2, -0.15) is 0 Å². The standard InChI is InChI=1S/C17H14ClFN4OS/c1-10(2)23(14-5-4-11(19)8-12(14)18)17(24)13-9-25-16(22-13)15-20-6-3-7-21-15/h3-10H,1-2H3. The normalized spacial score (nSPS) is 10.9. The van der Waals surface area contributed by atoms with E-state index in [1.54, 1.807) is 23.8 Å². The van der Waals surface area contributed by atoms with Crippen LogP contribution < -0.4 is 4.90 Å². The van der Waals surface area contributed by atoms with Gasteiger partial charge in [0.25, 0.3) is 5.91 Å². The fraction of sp³-hybridized carbons (Fsp3) is 0.176. The summed E-state index contributed by atoms with van der Waals surface area (Å²) in [5.41, 5.74) is 0.704. The van der Waals surface area contributed by atoms with Gasteiger partial charge in [0.2, 0.25) is 0 Å². The summed E-state index contributed by atoms with van der Waals surface area (Å²) in [6, 6.07) is 5.47. The molecule has 128 valence electrons. The second kappa shape index (κ2) is 7.25. The first-order valence-electron chi connectivity index (χ1n) is 7.49. The Hall–Kier alpha value is -2.38. The first-order chi connectivity index (χ1) is 12.0. The van der Waals surface area contributed by atoms with Crippen molar-refractivity contribution in [1.29, 1.82) is 0 Å². The second-order valence-electron chi connectivity index (χ2n) is 5.47. The molecule has 0 saturated carbocycles. The second-order valence-corrected chi connectivity index (χ2v) is 6.74. The van der Waals surface area contributed by atoms with Gasteiger partial charge in [-0.25, -0.2) is 19.3 Å². The number of carbonyl (C=O) groups excluding carboxylic acids is 1. The lowest BCUT2D eigenvalue weighted by molar-refractivity contribution is 0.0976. The van der Waals surface area contributed by atoms with Crippen LogP contribution in [-0.4, -0.2) is 26.9 Å². The highest BCUT2D eigenvalue weighted by atomic mass is 35.5. The Morgan fingerprint density at radius 3 is 2.64 bits per heavy atom. The van der Waals surface area contributed by atoms with Crippen molar-refractivity contribution >= 4 is 34.5 Å². The van der Waals surface area contributed by atoms with Crippen molar-refractivity contribution in [2.45, 2.75) is 19.9 Å². The first-order valence-corrected chi connectivity index (χ1v) is 8.74. The van der Waals surface area contributed by atoms with Gasteiger partial charge in [-0.15, -0.1) is 11.3 Å². The van der Waals surface area contributed by atoms with Gasteiger partial charge in [0.15, 0.2) is 10.8 Å². The summed E-state index contributed by atoms with van der Waals surface area (Å²) in [5, 5.41) is 2.38. The molecule has 0 atom stereocenters. The van der Waals surface area contributed by atoms with Crippen LogP contribution in [0.15, 0.2) is 42.0 Å². The average molecular weight is 377 g/mol. The SMILES string of the molecule is CC(C)N(C(=O)c1csc(-c2ncccn2)n1)c1ccc(F)cc1Cl. The topological polar surface area (TPSA) is 59.0 Å². The zero-order valence-electron chi connectivity index (χ0n) is 13.5. The number of rotatable bonds is 4. The van der Waals surface area contributed by atoms with Gasteiger partial charge < -0.3 is 4.90 Å². The van der Waals surface area contributed by atoms with E-state index in [9.17, 15) is 9.18 Å². The molecule has 3 aromatic rings. The fourth-order valence-corrected chi connectivity index (χ4v) is 3.30. The van der Waals surface area contributed by atoms with Crippen LogP contribution in [0.5, 0.6) is 0 Å². The van der Waals surface area contributed by atoms with Crippen molar-refractivity contribution in [2.75, 3.05) is 4.90 Å².